The van der Waals surface area contributed by atoms with Gasteiger partial charge in [-0.15, -0.1) is 0 Å². The van der Waals surface area contributed by atoms with E-state index in [1.54, 1.807) is 0 Å². The Hall–Kier alpha value is -2.16. The van der Waals surface area contributed by atoms with Gasteiger partial charge in [0, 0.05) is 32.3 Å². The van der Waals surface area contributed by atoms with Crippen LogP contribution in [0.25, 0.3) is 0 Å². The van der Waals surface area contributed by atoms with E-state index < -0.39 is 11.6 Å². The largest absolute Gasteiger partial charge is 0.455 e. The third kappa shape index (κ3) is 3.98. The minimum absolute atomic E-state index is 0.0501. The first kappa shape index (κ1) is 15.7. The van der Waals surface area contributed by atoms with E-state index in [0.29, 0.717) is 24.9 Å². The van der Waals surface area contributed by atoms with Crippen LogP contribution in [0, 0.1) is 0 Å². The Morgan fingerprint density at radius 3 is 2.83 bits per heavy atom. The minimum atomic E-state index is -3.05. The van der Waals surface area contributed by atoms with Gasteiger partial charge in [0.25, 0.3) is 5.92 Å². The van der Waals surface area contributed by atoms with Crippen molar-refractivity contribution in [2.75, 3.05) is 13.2 Å². The van der Waals surface area contributed by atoms with Crippen LogP contribution in [0.3, 0.4) is 0 Å². The fourth-order valence-corrected chi connectivity index (χ4v) is 2.22. The number of alkyl halides is 2. The molecule has 0 spiro atoms. The molecule has 2 aromatic rings. The Bertz CT molecular complexity index is 653. The first-order valence-electron chi connectivity index (χ1n) is 7.27. The summed E-state index contributed by atoms with van der Waals surface area (Å²) in [6, 6.07) is 0.992. The summed E-state index contributed by atoms with van der Waals surface area (Å²) in [5.41, 5.74) is -0.404. The van der Waals surface area contributed by atoms with E-state index in [1.165, 1.54) is 6.20 Å². The van der Waals surface area contributed by atoms with Gasteiger partial charge >= 0.3 is 6.01 Å². The molecule has 0 N–H and O–H groups in total. The molecule has 1 saturated heterocycles. The SMILES string of the molecule is CC(F)(F)c1ccnc(OCc2noc(C3CCOCC3)n2)n1. The van der Waals surface area contributed by atoms with Gasteiger partial charge in [0.05, 0.1) is 0 Å². The molecular formula is C14H16F2N4O3. The maximum atomic E-state index is 13.2. The van der Waals surface area contributed by atoms with Crippen molar-refractivity contribution in [3.05, 3.63) is 29.7 Å². The molecule has 3 heterocycles. The molecule has 0 amide bonds. The van der Waals surface area contributed by atoms with Crippen LogP contribution >= 0.6 is 0 Å². The topological polar surface area (TPSA) is 83.2 Å². The molecule has 0 aromatic carbocycles. The van der Waals surface area contributed by atoms with Crippen LogP contribution in [0.4, 0.5) is 8.78 Å². The van der Waals surface area contributed by atoms with E-state index >= 15 is 0 Å². The average Bonchev–Trinajstić information content (AvgIpc) is 3.02. The van der Waals surface area contributed by atoms with Crippen molar-refractivity contribution in [3.8, 4) is 6.01 Å². The van der Waals surface area contributed by atoms with Gasteiger partial charge in [0.15, 0.2) is 6.61 Å². The van der Waals surface area contributed by atoms with E-state index in [4.69, 9.17) is 14.0 Å². The summed E-state index contributed by atoms with van der Waals surface area (Å²) < 4.78 is 42.2. The molecule has 0 saturated carbocycles. The molecule has 9 heteroatoms. The maximum absolute atomic E-state index is 13.2. The molecule has 2 aromatic heterocycles. The van der Waals surface area contributed by atoms with Gasteiger partial charge < -0.3 is 14.0 Å². The second-order valence-corrected chi connectivity index (χ2v) is 5.34. The fourth-order valence-electron chi connectivity index (χ4n) is 2.22. The Labute approximate surface area is 131 Å². The zero-order valence-corrected chi connectivity index (χ0v) is 12.5. The van der Waals surface area contributed by atoms with Crippen molar-refractivity contribution in [2.45, 2.75) is 38.2 Å². The van der Waals surface area contributed by atoms with Crippen LogP contribution in [0.15, 0.2) is 16.8 Å². The fraction of sp³-hybridized carbons (Fsp3) is 0.571. The van der Waals surface area contributed by atoms with Crippen LogP contribution in [0.1, 0.15) is 43.1 Å². The molecule has 0 radical (unpaired) electrons. The summed E-state index contributed by atoms with van der Waals surface area (Å²) in [6.45, 7) is 2.05. The lowest BCUT2D eigenvalue weighted by Gasteiger charge is -2.17. The van der Waals surface area contributed by atoms with E-state index in [9.17, 15) is 8.78 Å². The average molecular weight is 326 g/mol. The third-order valence-electron chi connectivity index (χ3n) is 3.47. The van der Waals surface area contributed by atoms with Crippen LogP contribution in [0.5, 0.6) is 6.01 Å². The molecule has 0 bridgehead atoms. The van der Waals surface area contributed by atoms with Gasteiger partial charge in [-0.05, 0) is 18.9 Å². The van der Waals surface area contributed by atoms with E-state index in [1.807, 2.05) is 0 Å². The molecule has 124 valence electrons. The summed E-state index contributed by atoms with van der Waals surface area (Å²) in [4.78, 5) is 11.7. The third-order valence-corrected chi connectivity index (χ3v) is 3.47. The van der Waals surface area contributed by atoms with Crippen molar-refractivity contribution in [1.82, 2.24) is 20.1 Å². The number of hydrogen-bond acceptors (Lipinski definition) is 7. The van der Waals surface area contributed by atoms with Crippen LogP contribution in [-0.4, -0.2) is 33.3 Å². The van der Waals surface area contributed by atoms with Crippen LogP contribution < -0.4 is 4.74 Å². The maximum Gasteiger partial charge on any atom is 0.317 e. The number of hydrogen-bond donors (Lipinski definition) is 0. The lowest BCUT2D eigenvalue weighted by molar-refractivity contribution is 0.0117. The van der Waals surface area contributed by atoms with Gasteiger partial charge in [0.1, 0.15) is 5.69 Å². The summed E-state index contributed by atoms with van der Waals surface area (Å²) in [5, 5.41) is 3.82. The number of halogens is 2. The van der Waals surface area contributed by atoms with Crippen LogP contribution in [-0.2, 0) is 17.3 Å². The first-order chi connectivity index (χ1) is 11.0. The minimum Gasteiger partial charge on any atom is -0.455 e. The highest BCUT2D eigenvalue weighted by Gasteiger charge is 2.27. The normalized spacial score (nSPS) is 16.5. The predicted molar refractivity (Wildman–Crippen MR) is 73.0 cm³/mol. The molecule has 1 fully saturated rings. The lowest BCUT2D eigenvalue weighted by Crippen LogP contribution is -2.14. The molecule has 0 unspecified atom stereocenters. The summed E-state index contributed by atoms with van der Waals surface area (Å²) in [5.74, 6) is -2.00. The molecule has 1 aliphatic rings. The highest BCUT2D eigenvalue weighted by Crippen LogP contribution is 2.26. The highest BCUT2D eigenvalue weighted by atomic mass is 19.3. The van der Waals surface area contributed by atoms with Crippen molar-refractivity contribution in [1.29, 1.82) is 0 Å². The van der Waals surface area contributed by atoms with Crippen molar-refractivity contribution in [3.63, 3.8) is 0 Å². The van der Waals surface area contributed by atoms with Crippen molar-refractivity contribution < 1.29 is 22.8 Å². The van der Waals surface area contributed by atoms with Gasteiger partial charge in [-0.1, -0.05) is 5.16 Å². The number of rotatable bonds is 5. The van der Waals surface area contributed by atoms with Gasteiger partial charge in [-0.3, -0.25) is 0 Å². The quantitative estimate of drug-likeness (QED) is 0.834. The molecule has 23 heavy (non-hydrogen) atoms. The summed E-state index contributed by atoms with van der Waals surface area (Å²) >= 11 is 0. The summed E-state index contributed by atoms with van der Waals surface area (Å²) in [6.07, 6.45) is 2.89. The van der Waals surface area contributed by atoms with Crippen LogP contribution in [0.2, 0.25) is 0 Å². The van der Waals surface area contributed by atoms with Gasteiger partial charge in [0.2, 0.25) is 11.7 Å². The Morgan fingerprint density at radius 2 is 2.09 bits per heavy atom. The second-order valence-electron chi connectivity index (χ2n) is 5.34. The van der Waals surface area contributed by atoms with Gasteiger partial charge in [-0.25, -0.2) is 4.98 Å². The van der Waals surface area contributed by atoms with Gasteiger partial charge in [-0.2, -0.15) is 18.7 Å². The highest BCUT2D eigenvalue weighted by molar-refractivity contribution is 5.10. The van der Waals surface area contributed by atoms with E-state index in [2.05, 4.69) is 20.1 Å². The number of nitrogens with zero attached hydrogens (tertiary/aromatic N) is 4. The monoisotopic (exact) mass is 326 g/mol. The molecule has 3 rings (SSSR count). The van der Waals surface area contributed by atoms with Crippen molar-refractivity contribution >= 4 is 0 Å². The lowest BCUT2D eigenvalue weighted by atomic mass is 10.0. The van der Waals surface area contributed by atoms with E-state index in [-0.39, 0.29) is 18.5 Å². The Balaban J connectivity index is 1.61. The number of ether oxygens (including phenoxy) is 2. The standard InChI is InChI=1S/C14H16F2N4O3/c1-14(15,16)10-2-5-17-13(18-10)22-8-11-19-12(23-20-11)9-3-6-21-7-4-9/h2,5,9H,3-4,6-8H2,1H3. The zero-order chi connectivity index (χ0) is 16.3. The molecule has 7 nitrogen and oxygen atoms in total. The first-order valence-corrected chi connectivity index (χ1v) is 7.27. The van der Waals surface area contributed by atoms with E-state index in [0.717, 1.165) is 25.8 Å². The second kappa shape index (κ2) is 6.53. The predicted octanol–water partition coefficient (Wildman–Crippen LogP) is 2.44. The number of aromatic nitrogens is 4. The zero-order valence-electron chi connectivity index (χ0n) is 12.5. The molecule has 0 aliphatic carbocycles. The summed E-state index contributed by atoms with van der Waals surface area (Å²) in [7, 11) is 0. The molecule has 1 aliphatic heterocycles. The molecular weight excluding hydrogens is 310 g/mol. The Morgan fingerprint density at radius 1 is 1.30 bits per heavy atom. The Kier molecular flexibility index (Phi) is 4.46. The smallest absolute Gasteiger partial charge is 0.317 e. The molecule has 0 atom stereocenters. The van der Waals surface area contributed by atoms with Crippen molar-refractivity contribution in [2.24, 2.45) is 0 Å².